The Balaban J connectivity index is 1.90. The number of carbonyl (C=O) groups is 1. The third-order valence-electron chi connectivity index (χ3n) is 2.80. The largest absolute Gasteiger partial charge is 0.497 e. The van der Waals surface area contributed by atoms with E-state index >= 15 is 0 Å². The fraction of sp³-hybridized carbons (Fsp3) is 0.333. The Kier molecular flexibility index (Phi) is 5.57. The van der Waals surface area contributed by atoms with Gasteiger partial charge in [0.15, 0.2) is 5.13 Å². The van der Waals surface area contributed by atoms with E-state index in [1.165, 1.54) is 11.3 Å². The first-order valence-corrected chi connectivity index (χ1v) is 7.60. The molecule has 1 N–H and O–H groups in total. The van der Waals surface area contributed by atoms with Gasteiger partial charge < -0.3 is 14.8 Å². The summed E-state index contributed by atoms with van der Waals surface area (Å²) < 4.78 is 10.0. The van der Waals surface area contributed by atoms with Crippen LogP contribution >= 0.6 is 11.3 Å². The lowest BCUT2D eigenvalue weighted by atomic mass is 10.2. The van der Waals surface area contributed by atoms with Crippen LogP contribution in [0.2, 0.25) is 0 Å². The van der Waals surface area contributed by atoms with E-state index in [0.29, 0.717) is 19.6 Å². The van der Waals surface area contributed by atoms with Crippen molar-refractivity contribution >= 4 is 22.4 Å². The predicted octanol–water partition coefficient (Wildman–Crippen LogP) is 3.18. The highest BCUT2D eigenvalue weighted by Gasteiger charge is 2.06. The Morgan fingerprint density at radius 2 is 2.10 bits per heavy atom. The molecule has 0 saturated heterocycles. The number of nitrogens with zero attached hydrogens (tertiary/aromatic N) is 1. The van der Waals surface area contributed by atoms with Gasteiger partial charge in [0.2, 0.25) is 0 Å². The molecule has 5 nitrogen and oxygen atoms in total. The number of ether oxygens (including phenoxy) is 2. The predicted molar refractivity (Wildman–Crippen MR) is 83.8 cm³/mol. The zero-order chi connectivity index (χ0) is 15.1. The first kappa shape index (κ1) is 15.3. The van der Waals surface area contributed by atoms with E-state index in [2.05, 4.69) is 10.3 Å². The van der Waals surface area contributed by atoms with Gasteiger partial charge in [0.05, 0.1) is 25.8 Å². The van der Waals surface area contributed by atoms with Gasteiger partial charge in [-0.25, -0.2) is 4.98 Å². The molecule has 112 valence electrons. The normalized spacial score (nSPS) is 10.2. The van der Waals surface area contributed by atoms with Gasteiger partial charge in [0.1, 0.15) is 5.75 Å². The number of nitrogens with one attached hydrogen (secondary N) is 1. The maximum Gasteiger partial charge on any atom is 0.307 e. The molecule has 1 aromatic carbocycles. The highest BCUT2D eigenvalue weighted by atomic mass is 32.1. The smallest absolute Gasteiger partial charge is 0.307 e. The second kappa shape index (κ2) is 7.64. The van der Waals surface area contributed by atoms with Crippen molar-refractivity contribution in [2.75, 3.05) is 25.6 Å². The van der Waals surface area contributed by atoms with Crippen LogP contribution in [0.1, 0.15) is 13.3 Å². The molecule has 0 bridgehead atoms. The van der Waals surface area contributed by atoms with Crippen LogP contribution < -0.4 is 10.1 Å². The molecule has 0 aliphatic heterocycles. The van der Waals surface area contributed by atoms with Gasteiger partial charge >= 0.3 is 5.97 Å². The number of carbonyl (C=O) groups excluding carboxylic acids is 1. The topological polar surface area (TPSA) is 60.5 Å². The number of anilines is 1. The molecule has 0 spiro atoms. The van der Waals surface area contributed by atoms with Gasteiger partial charge in [-0.1, -0.05) is 0 Å². The summed E-state index contributed by atoms with van der Waals surface area (Å²) in [6, 6.07) is 7.75. The van der Waals surface area contributed by atoms with E-state index in [1.54, 1.807) is 14.0 Å². The lowest BCUT2D eigenvalue weighted by Crippen LogP contribution is -2.11. The molecule has 6 heteroatoms. The van der Waals surface area contributed by atoms with Gasteiger partial charge in [-0.2, -0.15) is 0 Å². The van der Waals surface area contributed by atoms with E-state index in [1.807, 2.05) is 29.6 Å². The summed E-state index contributed by atoms with van der Waals surface area (Å²) in [6.45, 7) is 2.74. The van der Waals surface area contributed by atoms with Crippen LogP contribution in [0.4, 0.5) is 5.13 Å². The zero-order valence-electron chi connectivity index (χ0n) is 12.1. The second-order valence-corrected chi connectivity index (χ2v) is 5.11. The van der Waals surface area contributed by atoms with Crippen LogP contribution in [0.5, 0.6) is 5.75 Å². The molecule has 1 aromatic heterocycles. The van der Waals surface area contributed by atoms with Gasteiger partial charge in [-0.3, -0.25) is 4.79 Å². The highest BCUT2D eigenvalue weighted by molar-refractivity contribution is 7.14. The molecule has 0 saturated carbocycles. The van der Waals surface area contributed by atoms with Crippen LogP contribution in [0.15, 0.2) is 29.6 Å². The van der Waals surface area contributed by atoms with Crippen molar-refractivity contribution in [2.24, 2.45) is 0 Å². The van der Waals surface area contributed by atoms with E-state index in [-0.39, 0.29) is 5.97 Å². The molecule has 0 amide bonds. The fourth-order valence-corrected chi connectivity index (χ4v) is 2.50. The summed E-state index contributed by atoms with van der Waals surface area (Å²) >= 11 is 1.51. The Hall–Kier alpha value is -2.08. The van der Waals surface area contributed by atoms with Gasteiger partial charge in [0, 0.05) is 17.5 Å². The average Bonchev–Trinajstić information content (AvgIpc) is 2.96. The number of benzene rings is 1. The lowest BCUT2D eigenvalue weighted by molar-refractivity contribution is -0.142. The maximum atomic E-state index is 11.2. The third-order valence-corrected chi connectivity index (χ3v) is 3.60. The SMILES string of the molecule is CCOC(=O)CCNc1nc(-c2ccc(OC)cc2)cs1. The Bertz CT molecular complexity index is 581. The quantitative estimate of drug-likeness (QED) is 0.796. The summed E-state index contributed by atoms with van der Waals surface area (Å²) in [4.78, 5) is 15.7. The van der Waals surface area contributed by atoms with Crippen LogP contribution in [-0.2, 0) is 9.53 Å². The maximum absolute atomic E-state index is 11.2. The number of methoxy groups -OCH3 is 1. The Morgan fingerprint density at radius 1 is 1.33 bits per heavy atom. The molecule has 0 atom stereocenters. The molecule has 2 aromatic rings. The molecule has 0 aliphatic rings. The highest BCUT2D eigenvalue weighted by Crippen LogP contribution is 2.26. The van der Waals surface area contributed by atoms with Crippen molar-refractivity contribution in [1.29, 1.82) is 0 Å². The second-order valence-electron chi connectivity index (χ2n) is 4.25. The Labute approximate surface area is 127 Å². The van der Waals surface area contributed by atoms with Crippen LogP contribution in [0.3, 0.4) is 0 Å². The average molecular weight is 306 g/mol. The van der Waals surface area contributed by atoms with Crippen molar-refractivity contribution in [3.05, 3.63) is 29.6 Å². The number of hydrogen-bond donors (Lipinski definition) is 1. The molecule has 0 radical (unpaired) electrons. The van der Waals surface area contributed by atoms with Crippen LogP contribution in [-0.4, -0.2) is 31.2 Å². The molecule has 0 aliphatic carbocycles. The van der Waals surface area contributed by atoms with Crippen molar-refractivity contribution in [2.45, 2.75) is 13.3 Å². The minimum absolute atomic E-state index is 0.197. The minimum Gasteiger partial charge on any atom is -0.497 e. The van der Waals surface area contributed by atoms with Crippen LogP contribution in [0, 0.1) is 0 Å². The van der Waals surface area contributed by atoms with Crippen molar-refractivity contribution in [3.63, 3.8) is 0 Å². The Morgan fingerprint density at radius 3 is 2.76 bits per heavy atom. The van der Waals surface area contributed by atoms with Crippen molar-refractivity contribution in [1.82, 2.24) is 4.98 Å². The van der Waals surface area contributed by atoms with Gasteiger partial charge in [-0.15, -0.1) is 11.3 Å². The number of esters is 1. The standard InChI is InChI=1S/C15H18N2O3S/c1-3-20-14(18)8-9-16-15-17-13(10-21-15)11-4-6-12(19-2)7-5-11/h4-7,10H,3,8-9H2,1-2H3,(H,16,17). The van der Waals surface area contributed by atoms with E-state index in [0.717, 1.165) is 22.1 Å². The number of aromatic nitrogens is 1. The lowest BCUT2D eigenvalue weighted by Gasteiger charge is -2.03. The summed E-state index contributed by atoms with van der Waals surface area (Å²) in [7, 11) is 1.64. The molecular weight excluding hydrogens is 288 g/mol. The minimum atomic E-state index is -0.197. The molecule has 21 heavy (non-hydrogen) atoms. The van der Waals surface area contributed by atoms with Gasteiger partial charge in [0.25, 0.3) is 0 Å². The van der Waals surface area contributed by atoms with E-state index < -0.39 is 0 Å². The van der Waals surface area contributed by atoms with Crippen molar-refractivity contribution < 1.29 is 14.3 Å². The summed E-state index contributed by atoms with van der Waals surface area (Å²) in [5.74, 6) is 0.624. The molecule has 1 heterocycles. The van der Waals surface area contributed by atoms with Crippen molar-refractivity contribution in [3.8, 4) is 17.0 Å². The molecular formula is C15H18N2O3S. The monoisotopic (exact) mass is 306 g/mol. The van der Waals surface area contributed by atoms with Gasteiger partial charge in [-0.05, 0) is 31.2 Å². The molecule has 0 fully saturated rings. The van der Waals surface area contributed by atoms with Crippen LogP contribution in [0.25, 0.3) is 11.3 Å². The molecule has 0 unspecified atom stereocenters. The first-order valence-electron chi connectivity index (χ1n) is 6.72. The third kappa shape index (κ3) is 4.46. The fourth-order valence-electron chi connectivity index (χ4n) is 1.75. The summed E-state index contributed by atoms with van der Waals surface area (Å²) in [6.07, 6.45) is 0.339. The number of rotatable bonds is 7. The zero-order valence-corrected chi connectivity index (χ0v) is 12.9. The van der Waals surface area contributed by atoms with E-state index in [4.69, 9.17) is 9.47 Å². The number of hydrogen-bond acceptors (Lipinski definition) is 6. The summed E-state index contributed by atoms with van der Waals surface area (Å²) in [5, 5.41) is 5.91. The van der Waals surface area contributed by atoms with E-state index in [9.17, 15) is 4.79 Å². The summed E-state index contributed by atoms with van der Waals surface area (Å²) in [5.41, 5.74) is 1.94. The number of thiazole rings is 1. The molecule has 2 rings (SSSR count). The first-order chi connectivity index (χ1) is 10.2.